The van der Waals surface area contributed by atoms with E-state index in [-0.39, 0.29) is 0 Å². The summed E-state index contributed by atoms with van der Waals surface area (Å²) in [7, 11) is 0. The molecule has 0 aromatic carbocycles. The Hall–Kier alpha value is -0.0800. The zero-order chi connectivity index (χ0) is 6.41. The highest BCUT2D eigenvalue weighted by atomic mass is 16.6. The molecule has 0 rings (SSSR count). The van der Waals surface area contributed by atoms with Gasteiger partial charge in [0.25, 0.3) is 0 Å². The van der Waals surface area contributed by atoms with Crippen LogP contribution in [0.2, 0.25) is 0 Å². The summed E-state index contributed by atoms with van der Waals surface area (Å²) in [5, 5.41) is 8.79. The number of aliphatic hydroxyl groups is 1. The van der Waals surface area contributed by atoms with Gasteiger partial charge in [0.05, 0.1) is 0 Å². The second-order valence-corrected chi connectivity index (χ2v) is 1.55. The van der Waals surface area contributed by atoms with Gasteiger partial charge in [0.2, 0.25) is 0 Å². The molecule has 0 aromatic heterocycles. The van der Waals surface area contributed by atoms with Crippen molar-refractivity contribution in [3.05, 3.63) is 6.92 Å². The molecule has 8 heavy (non-hydrogen) atoms. The Balaban J connectivity index is 2.92. The number of rotatable bonds is 4. The minimum Gasteiger partial charge on any atom is -0.368 e. The van der Waals surface area contributed by atoms with Crippen molar-refractivity contribution in [2.75, 3.05) is 6.61 Å². The molecule has 1 unspecified atom stereocenters. The van der Waals surface area contributed by atoms with E-state index in [4.69, 9.17) is 9.84 Å². The molecular formula is C6H13O2. The monoisotopic (exact) mass is 117 g/mol. The molecule has 0 aliphatic carbocycles. The Morgan fingerprint density at radius 3 is 2.75 bits per heavy atom. The molecule has 0 spiro atoms. The first-order chi connectivity index (χ1) is 3.81. The van der Waals surface area contributed by atoms with Crippen molar-refractivity contribution in [1.29, 1.82) is 0 Å². The SMILES string of the molecule is [CH2]CCC(O)OCC. The van der Waals surface area contributed by atoms with Crippen LogP contribution >= 0.6 is 0 Å². The topological polar surface area (TPSA) is 29.5 Å². The molecule has 0 aromatic rings. The lowest BCUT2D eigenvalue weighted by atomic mass is 10.3. The fourth-order valence-corrected chi connectivity index (χ4v) is 0.450. The van der Waals surface area contributed by atoms with E-state index >= 15 is 0 Å². The maximum absolute atomic E-state index is 8.79. The minimum atomic E-state index is -0.600. The van der Waals surface area contributed by atoms with E-state index in [2.05, 4.69) is 6.92 Å². The lowest BCUT2D eigenvalue weighted by Crippen LogP contribution is -2.10. The maximum Gasteiger partial charge on any atom is 0.154 e. The number of hydrogen-bond donors (Lipinski definition) is 1. The Labute approximate surface area is 50.5 Å². The number of aliphatic hydroxyl groups excluding tert-OH is 1. The number of hydrogen-bond acceptors (Lipinski definition) is 2. The maximum atomic E-state index is 8.79. The Bertz CT molecular complexity index is 39.8. The lowest BCUT2D eigenvalue weighted by molar-refractivity contribution is -0.0977. The standard InChI is InChI=1S/C6H13O2/c1-3-5-6(7)8-4-2/h6-7H,1,3-5H2,2H3. The molecule has 0 fully saturated rings. The van der Waals surface area contributed by atoms with E-state index in [1.807, 2.05) is 6.92 Å². The zero-order valence-electron chi connectivity index (χ0n) is 5.26. The van der Waals surface area contributed by atoms with Crippen molar-refractivity contribution >= 4 is 0 Å². The summed E-state index contributed by atoms with van der Waals surface area (Å²) >= 11 is 0. The summed E-state index contributed by atoms with van der Waals surface area (Å²) in [6.07, 6.45) is 0.757. The summed E-state index contributed by atoms with van der Waals surface area (Å²) in [5.74, 6) is 0. The molecule has 2 heteroatoms. The van der Waals surface area contributed by atoms with Gasteiger partial charge in [-0.1, -0.05) is 6.92 Å². The highest BCUT2D eigenvalue weighted by Gasteiger charge is 1.97. The van der Waals surface area contributed by atoms with Gasteiger partial charge in [0, 0.05) is 6.61 Å². The van der Waals surface area contributed by atoms with Crippen LogP contribution in [0.5, 0.6) is 0 Å². The molecule has 1 N–H and O–H groups in total. The first-order valence-electron chi connectivity index (χ1n) is 2.90. The summed E-state index contributed by atoms with van der Waals surface area (Å²) in [6, 6.07) is 0. The van der Waals surface area contributed by atoms with Crippen LogP contribution in [-0.2, 0) is 4.74 Å². The van der Waals surface area contributed by atoms with Crippen LogP contribution < -0.4 is 0 Å². The van der Waals surface area contributed by atoms with E-state index in [0.29, 0.717) is 13.0 Å². The third-order valence-corrected chi connectivity index (χ3v) is 0.810. The van der Waals surface area contributed by atoms with Gasteiger partial charge >= 0.3 is 0 Å². The molecule has 0 heterocycles. The van der Waals surface area contributed by atoms with Crippen molar-refractivity contribution in [1.82, 2.24) is 0 Å². The third kappa shape index (κ3) is 4.09. The van der Waals surface area contributed by atoms with Gasteiger partial charge in [-0.25, -0.2) is 0 Å². The molecule has 2 nitrogen and oxygen atoms in total. The molecule has 0 bridgehead atoms. The van der Waals surface area contributed by atoms with Gasteiger partial charge in [-0.15, -0.1) is 0 Å². The van der Waals surface area contributed by atoms with Crippen LogP contribution in [0, 0.1) is 6.92 Å². The zero-order valence-corrected chi connectivity index (χ0v) is 5.26. The molecule has 1 atom stereocenters. The average Bonchev–Trinajstić information content (AvgIpc) is 1.68. The normalized spacial score (nSPS) is 13.9. The first kappa shape index (κ1) is 7.92. The lowest BCUT2D eigenvalue weighted by Gasteiger charge is -2.06. The third-order valence-electron chi connectivity index (χ3n) is 0.810. The first-order valence-corrected chi connectivity index (χ1v) is 2.90. The van der Waals surface area contributed by atoms with Crippen LogP contribution in [0.3, 0.4) is 0 Å². The summed E-state index contributed by atoms with van der Waals surface area (Å²) < 4.78 is 4.80. The largest absolute Gasteiger partial charge is 0.368 e. The fraction of sp³-hybridized carbons (Fsp3) is 0.833. The second kappa shape index (κ2) is 5.06. The van der Waals surface area contributed by atoms with Crippen LogP contribution in [0.15, 0.2) is 0 Å². The van der Waals surface area contributed by atoms with Gasteiger partial charge in [-0.3, -0.25) is 0 Å². The summed E-state index contributed by atoms with van der Waals surface area (Å²) in [6.45, 7) is 5.99. The van der Waals surface area contributed by atoms with Crippen LogP contribution in [0.1, 0.15) is 19.8 Å². The van der Waals surface area contributed by atoms with Gasteiger partial charge in [-0.05, 0) is 19.8 Å². The Morgan fingerprint density at radius 1 is 1.75 bits per heavy atom. The van der Waals surface area contributed by atoms with Crippen molar-refractivity contribution in [3.8, 4) is 0 Å². The molecule has 1 radical (unpaired) electrons. The molecular weight excluding hydrogens is 104 g/mol. The van der Waals surface area contributed by atoms with E-state index in [1.165, 1.54) is 0 Å². The molecule has 0 aliphatic rings. The highest BCUT2D eigenvalue weighted by Crippen LogP contribution is 1.95. The molecule has 0 amide bonds. The minimum absolute atomic E-state index is 0.571. The molecule has 0 saturated carbocycles. The van der Waals surface area contributed by atoms with Crippen LogP contribution in [0.4, 0.5) is 0 Å². The fourth-order valence-electron chi connectivity index (χ4n) is 0.450. The predicted octanol–water partition coefficient (Wildman–Crippen LogP) is 0.956. The Kier molecular flexibility index (Phi) is 5.01. The van der Waals surface area contributed by atoms with Gasteiger partial charge in [-0.2, -0.15) is 0 Å². The smallest absolute Gasteiger partial charge is 0.154 e. The van der Waals surface area contributed by atoms with Crippen molar-refractivity contribution in [2.45, 2.75) is 26.1 Å². The second-order valence-electron chi connectivity index (χ2n) is 1.55. The number of ether oxygens (including phenoxy) is 1. The van der Waals surface area contributed by atoms with E-state index in [0.717, 1.165) is 6.42 Å². The van der Waals surface area contributed by atoms with Crippen LogP contribution in [0.25, 0.3) is 0 Å². The van der Waals surface area contributed by atoms with Crippen LogP contribution in [-0.4, -0.2) is 18.0 Å². The van der Waals surface area contributed by atoms with E-state index in [9.17, 15) is 0 Å². The summed E-state index contributed by atoms with van der Waals surface area (Å²) in [5.41, 5.74) is 0. The predicted molar refractivity (Wildman–Crippen MR) is 32.2 cm³/mol. The Morgan fingerprint density at radius 2 is 2.38 bits per heavy atom. The molecule has 49 valence electrons. The van der Waals surface area contributed by atoms with E-state index < -0.39 is 6.29 Å². The average molecular weight is 117 g/mol. The highest BCUT2D eigenvalue weighted by molar-refractivity contribution is 4.43. The molecule has 0 saturated heterocycles. The quantitative estimate of drug-likeness (QED) is 0.556. The van der Waals surface area contributed by atoms with Gasteiger partial charge in [0.15, 0.2) is 6.29 Å². The van der Waals surface area contributed by atoms with Crippen molar-refractivity contribution in [3.63, 3.8) is 0 Å². The van der Waals surface area contributed by atoms with E-state index in [1.54, 1.807) is 0 Å². The van der Waals surface area contributed by atoms with Crippen molar-refractivity contribution in [2.24, 2.45) is 0 Å². The van der Waals surface area contributed by atoms with Crippen molar-refractivity contribution < 1.29 is 9.84 Å². The molecule has 0 aliphatic heterocycles. The van der Waals surface area contributed by atoms with Gasteiger partial charge < -0.3 is 9.84 Å². The summed E-state index contributed by atoms with van der Waals surface area (Å²) in [4.78, 5) is 0. The van der Waals surface area contributed by atoms with Gasteiger partial charge in [0.1, 0.15) is 0 Å².